The van der Waals surface area contributed by atoms with Crippen LogP contribution >= 0.6 is 0 Å². The van der Waals surface area contributed by atoms with Crippen LogP contribution in [0.25, 0.3) is 0 Å². The van der Waals surface area contributed by atoms with Crippen LogP contribution in [0, 0.1) is 5.92 Å². The summed E-state index contributed by atoms with van der Waals surface area (Å²) in [5, 5.41) is 11.5. The van der Waals surface area contributed by atoms with E-state index < -0.39 is 12.0 Å². The van der Waals surface area contributed by atoms with Gasteiger partial charge in [-0.2, -0.15) is 0 Å². The summed E-state index contributed by atoms with van der Waals surface area (Å²) in [7, 11) is 0. The minimum absolute atomic E-state index is 0.0775. The summed E-state index contributed by atoms with van der Waals surface area (Å²) < 4.78 is 0. The Morgan fingerprint density at radius 3 is 2.29 bits per heavy atom. The molecule has 0 aromatic rings. The Labute approximate surface area is 103 Å². The number of hydrogen-bond acceptors (Lipinski definition) is 3. The molecule has 0 rings (SSSR count). The van der Waals surface area contributed by atoms with E-state index in [0.29, 0.717) is 19.3 Å². The molecule has 5 heteroatoms. The van der Waals surface area contributed by atoms with Crippen molar-refractivity contribution < 1.29 is 14.7 Å². The molecule has 0 saturated heterocycles. The van der Waals surface area contributed by atoms with Gasteiger partial charge in [-0.05, 0) is 32.1 Å². The first-order chi connectivity index (χ1) is 7.82. The molecule has 0 aliphatic rings. The SMILES string of the molecule is CC(C)C[C@H](NC(=O)CCCC(C)N)C(=O)O. The second kappa shape index (κ2) is 8.06. The van der Waals surface area contributed by atoms with E-state index in [1.807, 2.05) is 20.8 Å². The number of carboxylic acid groups (broad SMARTS) is 1. The molecule has 17 heavy (non-hydrogen) atoms. The highest BCUT2D eigenvalue weighted by Crippen LogP contribution is 2.06. The summed E-state index contributed by atoms with van der Waals surface area (Å²) in [5.41, 5.74) is 5.57. The van der Waals surface area contributed by atoms with Gasteiger partial charge in [-0.25, -0.2) is 4.79 Å². The summed E-state index contributed by atoms with van der Waals surface area (Å²) in [5.74, 6) is -0.946. The molecule has 4 N–H and O–H groups in total. The molecule has 0 spiro atoms. The summed E-state index contributed by atoms with van der Waals surface area (Å²) in [6.45, 7) is 5.74. The highest BCUT2D eigenvalue weighted by Gasteiger charge is 2.20. The fraction of sp³-hybridized carbons (Fsp3) is 0.833. The highest BCUT2D eigenvalue weighted by molar-refractivity contribution is 5.83. The van der Waals surface area contributed by atoms with E-state index in [2.05, 4.69) is 5.32 Å². The van der Waals surface area contributed by atoms with Crippen molar-refractivity contribution in [2.45, 2.75) is 58.5 Å². The first kappa shape index (κ1) is 15.9. The first-order valence-electron chi connectivity index (χ1n) is 6.10. The van der Waals surface area contributed by atoms with Crippen LogP contribution in [0.4, 0.5) is 0 Å². The lowest BCUT2D eigenvalue weighted by molar-refractivity contribution is -0.142. The zero-order chi connectivity index (χ0) is 13.4. The number of amides is 1. The van der Waals surface area contributed by atoms with Gasteiger partial charge in [0.25, 0.3) is 0 Å². The number of hydrogen-bond donors (Lipinski definition) is 3. The molecule has 0 aromatic heterocycles. The number of carbonyl (C=O) groups is 2. The summed E-state index contributed by atoms with van der Waals surface area (Å²) in [4.78, 5) is 22.4. The smallest absolute Gasteiger partial charge is 0.326 e. The molecule has 1 unspecified atom stereocenters. The van der Waals surface area contributed by atoms with E-state index in [0.717, 1.165) is 6.42 Å². The van der Waals surface area contributed by atoms with Crippen LogP contribution in [0.5, 0.6) is 0 Å². The number of rotatable bonds is 8. The van der Waals surface area contributed by atoms with Crippen LogP contribution in [-0.4, -0.2) is 29.1 Å². The average Bonchev–Trinajstić information content (AvgIpc) is 2.15. The number of carbonyl (C=O) groups excluding carboxylic acids is 1. The van der Waals surface area contributed by atoms with E-state index >= 15 is 0 Å². The van der Waals surface area contributed by atoms with Gasteiger partial charge in [-0.15, -0.1) is 0 Å². The van der Waals surface area contributed by atoms with Crippen LogP contribution in [0.15, 0.2) is 0 Å². The topological polar surface area (TPSA) is 92.4 Å². The van der Waals surface area contributed by atoms with Crippen LogP contribution in [-0.2, 0) is 9.59 Å². The Morgan fingerprint density at radius 2 is 1.88 bits per heavy atom. The first-order valence-corrected chi connectivity index (χ1v) is 6.10. The summed E-state index contributed by atoms with van der Waals surface area (Å²) in [6.07, 6.45) is 2.25. The monoisotopic (exact) mass is 244 g/mol. The number of nitrogens with one attached hydrogen (secondary N) is 1. The zero-order valence-corrected chi connectivity index (χ0v) is 10.9. The lowest BCUT2D eigenvalue weighted by Crippen LogP contribution is -2.41. The van der Waals surface area contributed by atoms with E-state index in [1.54, 1.807) is 0 Å². The third-order valence-corrected chi connectivity index (χ3v) is 2.40. The average molecular weight is 244 g/mol. The Hall–Kier alpha value is -1.10. The molecule has 5 nitrogen and oxygen atoms in total. The van der Waals surface area contributed by atoms with Crippen molar-refractivity contribution in [2.75, 3.05) is 0 Å². The molecule has 0 fully saturated rings. The van der Waals surface area contributed by atoms with Gasteiger partial charge in [0.2, 0.25) is 5.91 Å². The van der Waals surface area contributed by atoms with E-state index in [4.69, 9.17) is 10.8 Å². The molecule has 0 saturated carbocycles. The molecule has 0 bridgehead atoms. The van der Waals surface area contributed by atoms with Gasteiger partial charge in [0.15, 0.2) is 0 Å². The second-order valence-corrected chi connectivity index (χ2v) is 4.96. The van der Waals surface area contributed by atoms with Crippen molar-refractivity contribution >= 4 is 11.9 Å². The predicted molar refractivity (Wildman–Crippen MR) is 66.5 cm³/mol. The Balaban J connectivity index is 4.00. The van der Waals surface area contributed by atoms with Gasteiger partial charge in [0.1, 0.15) is 6.04 Å². The molecule has 1 amide bonds. The van der Waals surface area contributed by atoms with Gasteiger partial charge >= 0.3 is 5.97 Å². The largest absolute Gasteiger partial charge is 0.480 e. The van der Waals surface area contributed by atoms with Gasteiger partial charge in [-0.3, -0.25) is 4.79 Å². The summed E-state index contributed by atoms with van der Waals surface area (Å²) >= 11 is 0. The van der Waals surface area contributed by atoms with Gasteiger partial charge in [-0.1, -0.05) is 13.8 Å². The second-order valence-electron chi connectivity index (χ2n) is 4.96. The standard InChI is InChI=1S/C12H24N2O3/c1-8(2)7-10(12(16)17)14-11(15)6-4-5-9(3)13/h8-10H,4-7,13H2,1-3H3,(H,14,15)(H,16,17)/t9?,10-/m0/s1. The van der Waals surface area contributed by atoms with E-state index in [1.165, 1.54) is 0 Å². The minimum atomic E-state index is -0.973. The highest BCUT2D eigenvalue weighted by atomic mass is 16.4. The van der Waals surface area contributed by atoms with Crippen molar-refractivity contribution in [2.24, 2.45) is 11.7 Å². The Bertz CT molecular complexity index is 252. The predicted octanol–water partition coefficient (Wildman–Crippen LogP) is 1.12. The van der Waals surface area contributed by atoms with Gasteiger partial charge < -0.3 is 16.2 Å². The normalized spacial score (nSPS) is 14.4. The molecule has 0 aliphatic heterocycles. The van der Waals surface area contributed by atoms with Crippen molar-refractivity contribution in [1.29, 1.82) is 0 Å². The molecular weight excluding hydrogens is 220 g/mol. The van der Waals surface area contributed by atoms with Crippen LogP contribution in [0.2, 0.25) is 0 Å². The quantitative estimate of drug-likeness (QED) is 0.596. The van der Waals surface area contributed by atoms with E-state index in [-0.39, 0.29) is 17.9 Å². The van der Waals surface area contributed by atoms with Crippen LogP contribution < -0.4 is 11.1 Å². The molecular formula is C12H24N2O3. The fourth-order valence-electron chi connectivity index (χ4n) is 1.54. The molecule has 2 atom stereocenters. The van der Waals surface area contributed by atoms with Gasteiger partial charge in [0, 0.05) is 12.5 Å². The maximum Gasteiger partial charge on any atom is 0.326 e. The molecule has 0 aromatic carbocycles. The number of aliphatic carboxylic acids is 1. The molecule has 0 radical (unpaired) electrons. The fourth-order valence-corrected chi connectivity index (χ4v) is 1.54. The van der Waals surface area contributed by atoms with Crippen molar-refractivity contribution in [1.82, 2.24) is 5.32 Å². The zero-order valence-electron chi connectivity index (χ0n) is 10.9. The lowest BCUT2D eigenvalue weighted by atomic mass is 10.0. The minimum Gasteiger partial charge on any atom is -0.480 e. The van der Waals surface area contributed by atoms with E-state index in [9.17, 15) is 9.59 Å². The Kier molecular flexibility index (Phi) is 7.54. The third kappa shape index (κ3) is 8.68. The van der Waals surface area contributed by atoms with Crippen molar-refractivity contribution in [3.63, 3.8) is 0 Å². The molecule has 100 valence electrons. The molecule has 0 heterocycles. The maximum atomic E-state index is 11.5. The molecule has 0 aliphatic carbocycles. The van der Waals surface area contributed by atoms with Crippen molar-refractivity contribution in [3.8, 4) is 0 Å². The number of nitrogens with two attached hydrogens (primary N) is 1. The third-order valence-electron chi connectivity index (χ3n) is 2.40. The maximum absolute atomic E-state index is 11.5. The van der Waals surface area contributed by atoms with Crippen LogP contribution in [0.1, 0.15) is 46.5 Å². The number of carboxylic acids is 1. The van der Waals surface area contributed by atoms with Gasteiger partial charge in [0.05, 0.1) is 0 Å². The summed E-state index contributed by atoms with van der Waals surface area (Å²) in [6, 6.07) is -0.702. The van der Waals surface area contributed by atoms with Crippen molar-refractivity contribution in [3.05, 3.63) is 0 Å². The Morgan fingerprint density at radius 1 is 1.29 bits per heavy atom. The lowest BCUT2D eigenvalue weighted by Gasteiger charge is -2.16. The van der Waals surface area contributed by atoms with Crippen LogP contribution in [0.3, 0.4) is 0 Å².